The van der Waals surface area contributed by atoms with E-state index >= 15 is 0 Å². The number of hydrogen-bond acceptors (Lipinski definition) is 8. The van der Waals surface area contributed by atoms with Crippen LogP contribution in [0.25, 0.3) is 11.3 Å². The summed E-state index contributed by atoms with van der Waals surface area (Å²) >= 11 is 0. The molecule has 2 heterocycles. The molecule has 0 aliphatic heterocycles. The minimum Gasteiger partial charge on any atom is -0.496 e. The fraction of sp³-hybridized carbons (Fsp3) is 0.211. The number of amides is 1. The van der Waals surface area contributed by atoms with E-state index < -0.39 is 11.9 Å². The molecule has 0 radical (unpaired) electrons. The van der Waals surface area contributed by atoms with E-state index in [0.717, 1.165) is 0 Å². The van der Waals surface area contributed by atoms with E-state index in [1.165, 1.54) is 31.6 Å². The van der Waals surface area contributed by atoms with Crippen LogP contribution in [0.5, 0.6) is 11.5 Å². The van der Waals surface area contributed by atoms with Gasteiger partial charge in [-0.05, 0) is 18.6 Å². The molecule has 0 saturated heterocycles. The number of nitriles is 1. The number of carboxylic acid groups (broad SMARTS) is 1. The number of methoxy groups -OCH3 is 1. The van der Waals surface area contributed by atoms with Crippen molar-refractivity contribution in [2.75, 3.05) is 25.6 Å². The van der Waals surface area contributed by atoms with Crippen LogP contribution in [0.15, 0.2) is 30.6 Å². The standard InChI is InChI=1S/C19H18FN7O4/c1-30-14-4-3-12(20)18(31-6-2-5-22-19(28)29)17(14)13-7-15(27-26-13)25-16-10-23-11(8-21)9-24-16/h3-4,7,9-10,22H,2,5-6H2,1H3,(H,28,29)(H2,24,25,26,27). The van der Waals surface area contributed by atoms with Gasteiger partial charge in [0.2, 0.25) is 0 Å². The highest BCUT2D eigenvalue weighted by Crippen LogP contribution is 2.40. The maximum absolute atomic E-state index is 14.5. The highest BCUT2D eigenvalue weighted by atomic mass is 19.1. The lowest BCUT2D eigenvalue weighted by molar-refractivity contribution is 0.193. The molecule has 0 bridgehead atoms. The number of hydrogen-bond donors (Lipinski definition) is 4. The van der Waals surface area contributed by atoms with Crippen molar-refractivity contribution in [1.82, 2.24) is 25.5 Å². The predicted octanol–water partition coefficient (Wildman–Crippen LogP) is 2.67. The molecule has 4 N–H and O–H groups in total. The van der Waals surface area contributed by atoms with Crippen molar-refractivity contribution in [2.24, 2.45) is 0 Å². The molecule has 0 saturated carbocycles. The van der Waals surface area contributed by atoms with Crippen molar-refractivity contribution < 1.29 is 23.8 Å². The van der Waals surface area contributed by atoms with Crippen LogP contribution in [0.3, 0.4) is 0 Å². The van der Waals surface area contributed by atoms with Crippen molar-refractivity contribution >= 4 is 17.7 Å². The lowest BCUT2D eigenvalue weighted by Gasteiger charge is -2.14. The van der Waals surface area contributed by atoms with Gasteiger partial charge in [-0.2, -0.15) is 10.4 Å². The second kappa shape index (κ2) is 9.88. The number of aromatic amines is 1. The summed E-state index contributed by atoms with van der Waals surface area (Å²) < 4.78 is 25.5. The molecule has 160 valence electrons. The first-order valence-electron chi connectivity index (χ1n) is 9.03. The summed E-state index contributed by atoms with van der Waals surface area (Å²) in [6, 6.07) is 6.16. The average molecular weight is 427 g/mol. The first kappa shape index (κ1) is 21.3. The zero-order valence-corrected chi connectivity index (χ0v) is 16.3. The van der Waals surface area contributed by atoms with Crippen molar-refractivity contribution in [3.63, 3.8) is 0 Å². The molecule has 1 aromatic carbocycles. The molecule has 11 nitrogen and oxygen atoms in total. The van der Waals surface area contributed by atoms with Crippen LogP contribution >= 0.6 is 0 Å². The Balaban J connectivity index is 1.81. The summed E-state index contributed by atoms with van der Waals surface area (Å²) in [6.07, 6.45) is 1.90. The van der Waals surface area contributed by atoms with E-state index in [0.29, 0.717) is 35.1 Å². The maximum atomic E-state index is 14.5. The Hall–Kier alpha value is -4.40. The molecule has 2 aromatic heterocycles. The number of halogens is 1. The molecule has 0 spiro atoms. The second-order valence-electron chi connectivity index (χ2n) is 6.08. The number of nitrogens with zero attached hydrogens (tertiary/aromatic N) is 4. The Morgan fingerprint density at radius 3 is 2.84 bits per heavy atom. The van der Waals surface area contributed by atoms with Crippen LogP contribution in [0.4, 0.5) is 20.8 Å². The molecule has 1 amide bonds. The van der Waals surface area contributed by atoms with Gasteiger partial charge >= 0.3 is 6.09 Å². The average Bonchev–Trinajstić information content (AvgIpc) is 3.22. The number of ether oxygens (including phenoxy) is 2. The summed E-state index contributed by atoms with van der Waals surface area (Å²) in [4.78, 5) is 18.5. The molecule has 3 aromatic rings. The first-order valence-corrected chi connectivity index (χ1v) is 9.03. The monoisotopic (exact) mass is 427 g/mol. The van der Waals surface area contributed by atoms with Crippen LogP contribution in [0.2, 0.25) is 0 Å². The molecule has 12 heteroatoms. The molecule has 3 rings (SSSR count). The number of aromatic nitrogens is 4. The van der Waals surface area contributed by atoms with Crippen molar-refractivity contribution in [1.29, 1.82) is 5.26 Å². The normalized spacial score (nSPS) is 10.2. The molecule has 31 heavy (non-hydrogen) atoms. The van der Waals surface area contributed by atoms with Gasteiger partial charge in [0.1, 0.15) is 17.6 Å². The largest absolute Gasteiger partial charge is 0.496 e. The minimum absolute atomic E-state index is 0.0527. The van der Waals surface area contributed by atoms with Gasteiger partial charge in [0, 0.05) is 12.6 Å². The van der Waals surface area contributed by atoms with E-state index in [1.807, 2.05) is 6.07 Å². The summed E-state index contributed by atoms with van der Waals surface area (Å²) in [5.74, 6) is 0.433. The van der Waals surface area contributed by atoms with Gasteiger partial charge in [0.15, 0.2) is 23.1 Å². The zero-order chi connectivity index (χ0) is 22.2. The number of benzene rings is 1. The third-order valence-corrected chi connectivity index (χ3v) is 4.00. The minimum atomic E-state index is -1.14. The summed E-state index contributed by atoms with van der Waals surface area (Å²) in [6.45, 7) is 0.247. The van der Waals surface area contributed by atoms with Gasteiger partial charge in [-0.3, -0.25) is 5.10 Å². The third kappa shape index (κ3) is 5.36. The van der Waals surface area contributed by atoms with Crippen LogP contribution in [-0.2, 0) is 0 Å². The summed E-state index contributed by atoms with van der Waals surface area (Å²) in [5, 5.41) is 29.4. The number of rotatable bonds is 9. The zero-order valence-electron chi connectivity index (χ0n) is 16.3. The quantitative estimate of drug-likeness (QED) is 0.377. The van der Waals surface area contributed by atoms with Crippen LogP contribution in [-0.4, -0.2) is 51.6 Å². The van der Waals surface area contributed by atoms with Crippen molar-refractivity contribution in [2.45, 2.75) is 6.42 Å². The maximum Gasteiger partial charge on any atom is 0.404 e. The fourth-order valence-corrected chi connectivity index (χ4v) is 2.64. The highest BCUT2D eigenvalue weighted by Gasteiger charge is 2.20. The SMILES string of the molecule is COc1ccc(F)c(OCCCNC(=O)O)c1-c1cc(Nc2cnc(C#N)cn2)n[nH]1. The molecule has 0 aliphatic rings. The van der Waals surface area contributed by atoms with Gasteiger partial charge in [-0.25, -0.2) is 19.2 Å². The third-order valence-electron chi connectivity index (χ3n) is 4.00. The van der Waals surface area contributed by atoms with Crippen LogP contribution in [0.1, 0.15) is 12.1 Å². The smallest absolute Gasteiger partial charge is 0.404 e. The van der Waals surface area contributed by atoms with E-state index in [1.54, 1.807) is 6.07 Å². The Kier molecular flexibility index (Phi) is 6.79. The van der Waals surface area contributed by atoms with Gasteiger partial charge < -0.3 is 25.2 Å². The molecular weight excluding hydrogens is 409 g/mol. The van der Waals surface area contributed by atoms with Crippen molar-refractivity contribution in [3.8, 4) is 28.8 Å². The lowest BCUT2D eigenvalue weighted by Crippen LogP contribution is -2.23. The first-order chi connectivity index (χ1) is 15.0. The Labute approximate surface area is 175 Å². The van der Waals surface area contributed by atoms with Gasteiger partial charge in [0.25, 0.3) is 0 Å². The lowest BCUT2D eigenvalue weighted by atomic mass is 10.1. The van der Waals surface area contributed by atoms with Gasteiger partial charge in [-0.15, -0.1) is 0 Å². The van der Waals surface area contributed by atoms with Crippen LogP contribution in [0, 0.1) is 17.1 Å². The topological polar surface area (TPSA) is 158 Å². The fourth-order valence-electron chi connectivity index (χ4n) is 2.64. The van der Waals surface area contributed by atoms with E-state index in [4.69, 9.17) is 19.8 Å². The number of carbonyl (C=O) groups is 1. The van der Waals surface area contributed by atoms with Crippen molar-refractivity contribution in [3.05, 3.63) is 42.1 Å². The van der Waals surface area contributed by atoms with Gasteiger partial charge in [0.05, 0.1) is 37.4 Å². The Bertz CT molecular complexity index is 1100. The van der Waals surface area contributed by atoms with Crippen LogP contribution < -0.4 is 20.1 Å². The van der Waals surface area contributed by atoms with E-state index in [-0.39, 0.29) is 24.6 Å². The second-order valence-corrected chi connectivity index (χ2v) is 6.08. The number of H-pyrrole nitrogens is 1. The molecule has 0 aliphatic carbocycles. The molecular formula is C19H18FN7O4. The predicted molar refractivity (Wildman–Crippen MR) is 107 cm³/mol. The molecule has 0 atom stereocenters. The Morgan fingerprint density at radius 1 is 1.32 bits per heavy atom. The summed E-state index contributed by atoms with van der Waals surface area (Å²) in [7, 11) is 1.44. The van der Waals surface area contributed by atoms with E-state index in [9.17, 15) is 9.18 Å². The molecule has 0 unspecified atom stereocenters. The van der Waals surface area contributed by atoms with Gasteiger partial charge in [-0.1, -0.05) is 0 Å². The highest BCUT2D eigenvalue weighted by molar-refractivity contribution is 5.76. The van der Waals surface area contributed by atoms with E-state index in [2.05, 4.69) is 30.8 Å². The Morgan fingerprint density at radius 2 is 2.16 bits per heavy atom. The molecule has 0 fully saturated rings. The number of anilines is 2. The number of nitrogens with one attached hydrogen (secondary N) is 3. The summed E-state index contributed by atoms with van der Waals surface area (Å²) in [5.41, 5.74) is 0.914.